The van der Waals surface area contributed by atoms with E-state index >= 15 is 0 Å². The van der Waals surface area contributed by atoms with Gasteiger partial charge in [0.15, 0.2) is 0 Å². The molecule has 1 amide bonds. The lowest BCUT2D eigenvalue weighted by molar-refractivity contribution is 0.0930. The van der Waals surface area contributed by atoms with Crippen LogP contribution in [0.25, 0.3) is 0 Å². The van der Waals surface area contributed by atoms with Gasteiger partial charge in [0.05, 0.1) is 18.1 Å². The standard InChI is InChI=1S/C14H18N4O/c1-4-11(12-7-10(2)5-6-15-12)17-14(19)13-8-18(3)9-16-13/h5-9,11H,4H2,1-3H3,(H,17,19)/t11-/m1/s1. The fourth-order valence-corrected chi connectivity index (χ4v) is 1.90. The van der Waals surface area contributed by atoms with Crippen molar-refractivity contribution in [3.05, 3.63) is 47.8 Å². The number of aromatic nitrogens is 3. The lowest BCUT2D eigenvalue weighted by Gasteiger charge is -2.16. The molecule has 0 saturated heterocycles. The third-order valence-corrected chi connectivity index (χ3v) is 2.94. The smallest absolute Gasteiger partial charge is 0.272 e. The van der Waals surface area contributed by atoms with E-state index in [2.05, 4.69) is 15.3 Å². The number of nitrogens with zero attached hydrogens (tertiary/aromatic N) is 3. The van der Waals surface area contributed by atoms with Crippen LogP contribution >= 0.6 is 0 Å². The third kappa shape index (κ3) is 3.19. The fourth-order valence-electron chi connectivity index (χ4n) is 1.90. The lowest BCUT2D eigenvalue weighted by atomic mass is 10.1. The maximum Gasteiger partial charge on any atom is 0.272 e. The minimum Gasteiger partial charge on any atom is -0.342 e. The topological polar surface area (TPSA) is 59.8 Å². The minimum absolute atomic E-state index is 0.0885. The van der Waals surface area contributed by atoms with Crippen molar-refractivity contribution in [1.82, 2.24) is 19.9 Å². The van der Waals surface area contributed by atoms with Crippen LogP contribution in [0.2, 0.25) is 0 Å². The highest BCUT2D eigenvalue weighted by atomic mass is 16.2. The molecule has 0 saturated carbocycles. The van der Waals surface area contributed by atoms with Crippen molar-refractivity contribution in [2.24, 2.45) is 7.05 Å². The number of nitrogens with one attached hydrogen (secondary N) is 1. The van der Waals surface area contributed by atoms with Gasteiger partial charge < -0.3 is 9.88 Å². The SMILES string of the molecule is CC[C@@H](NC(=O)c1cn(C)cn1)c1cc(C)ccn1. The van der Waals surface area contributed by atoms with Crippen LogP contribution in [0.4, 0.5) is 0 Å². The van der Waals surface area contributed by atoms with Crippen molar-refractivity contribution in [3.8, 4) is 0 Å². The van der Waals surface area contributed by atoms with Crippen LogP contribution in [-0.2, 0) is 7.05 Å². The van der Waals surface area contributed by atoms with Crippen molar-refractivity contribution < 1.29 is 4.79 Å². The summed E-state index contributed by atoms with van der Waals surface area (Å²) < 4.78 is 1.75. The first-order valence-corrected chi connectivity index (χ1v) is 6.31. The molecule has 0 aliphatic rings. The van der Waals surface area contributed by atoms with Crippen LogP contribution in [0.1, 0.15) is 41.1 Å². The molecule has 0 aliphatic carbocycles. The van der Waals surface area contributed by atoms with Gasteiger partial charge in [0.1, 0.15) is 5.69 Å². The van der Waals surface area contributed by atoms with Gasteiger partial charge in [-0.25, -0.2) is 4.98 Å². The summed E-state index contributed by atoms with van der Waals surface area (Å²) >= 11 is 0. The number of hydrogen-bond acceptors (Lipinski definition) is 3. The molecule has 5 heteroatoms. The largest absolute Gasteiger partial charge is 0.342 e. The molecule has 5 nitrogen and oxygen atoms in total. The molecule has 0 aliphatic heterocycles. The predicted octanol–water partition coefficient (Wildman–Crippen LogP) is 2.00. The Kier molecular flexibility index (Phi) is 3.94. The first-order valence-electron chi connectivity index (χ1n) is 6.31. The van der Waals surface area contributed by atoms with Gasteiger partial charge in [-0.1, -0.05) is 6.92 Å². The molecule has 2 heterocycles. The predicted molar refractivity (Wildman–Crippen MR) is 72.7 cm³/mol. The minimum atomic E-state index is -0.171. The van der Waals surface area contributed by atoms with E-state index in [1.165, 1.54) is 0 Å². The number of pyridine rings is 1. The van der Waals surface area contributed by atoms with Gasteiger partial charge in [-0.05, 0) is 31.0 Å². The average molecular weight is 258 g/mol. The van der Waals surface area contributed by atoms with Gasteiger partial charge in [-0.15, -0.1) is 0 Å². The number of rotatable bonds is 4. The molecule has 2 rings (SSSR count). The molecule has 0 radical (unpaired) electrons. The van der Waals surface area contributed by atoms with Gasteiger partial charge in [0, 0.05) is 19.4 Å². The number of carbonyl (C=O) groups excluding carboxylic acids is 1. The highest BCUT2D eigenvalue weighted by Crippen LogP contribution is 2.15. The summed E-state index contributed by atoms with van der Waals surface area (Å²) in [4.78, 5) is 20.4. The Balaban J connectivity index is 2.13. The van der Waals surface area contributed by atoms with Gasteiger partial charge in [0.25, 0.3) is 5.91 Å². The summed E-state index contributed by atoms with van der Waals surface area (Å²) in [5, 5.41) is 2.96. The summed E-state index contributed by atoms with van der Waals surface area (Å²) in [5.41, 5.74) is 2.44. The second-order valence-corrected chi connectivity index (χ2v) is 4.62. The van der Waals surface area contributed by atoms with Crippen molar-refractivity contribution >= 4 is 5.91 Å². The van der Waals surface area contributed by atoms with Crippen LogP contribution in [0.5, 0.6) is 0 Å². The summed E-state index contributed by atoms with van der Waals surface area (Å²) in [6.45, 7) is 4.03. The second kappa shape index (κ2) is 5.65. The lowest BCUT2D eigenvalue weighted by Crippen LogP contribution is -2.29. The molecule has 2 aromatic heterocycles. The summed E-state index contributed by atoms with van der Waals surface area (Å²) in [6, 6.07) is 3.85. The van der Waals surface area contributed by atoms with E-state index in [1.54, 1.807) is 23.3 Å². The normalized spacial score (nSPS) is 12.2. The molecule has 0 unspecified atom stereocenters. The van der Waals surface area contributed by atoms with Crippen LogP contribution in [0, 0.1) is 6.92 Å². The molecule has 0 fully saturated rings. The van der Waals surface area contributed by atoms with Gasteiger partial charge in [0.2, 0.25) is 0 Å². The Hall–Kier alpha value is -2.17. The molecule has 0 spiro atoms. The first-order chi connectivity index (χ1) is 9.10. The van der Waals surface area contributed by atoms with E-state index in [4.69, 9.17) is 0 Å². The van der Waals surface area contributed by atoms with Gasteiger partial charge in [-0.3, -0.25) is 9.78 Å². The van der Waals surface area contributed by atoms with Crippen LogP contribution in [-0.4, -0.2) is 20.4 Å². The van der Waals surface area contributed by atoms with E-state index in [-0.39, 0.29) is 11.9 Å². The Morgan fingerprint density at radius 2 is 2.26 bits per heavy atom. The second-order valence-electron chi connectivity index (χ2n) is 4.62. The highest BCUT2D eigenvalue weighted by Gasteiger charge is 2.16. The molecule has 1 atom stereocenters. The maximum atomic E-state index is 12.1. The van der Waals surface area contributed by atoms with Crippen LogP contribution in [0.15, 0.2) is 30.9 Å². The summed E-state index contributed by atoms with van der Waals surface area (Å²) in [5.74, 6) is -0.171. The summed E-state index contributed by atoms with van der Waals surface area (Å²) in [7, 11) is 1.84. The van der Waals surface area contributed by atoms with Crippen molar-refractivity contribution in [2.75, 3.05) is 0 Å². The van der Waals surface area contributed by atoms with E-state index in [1.807, 2.05) is 33.0 Å². The number of hydrogen-bond donors (Lipinski definition) is 1. The third-order valence-electron chi connectivity index (χ3n) is 2.94. The van der Waals surface area contributed by atoms with Crippen molar-refractivity contribution in [1.29, 1.82) is 0 Å². The van der Waals surface area contributed by atoms with Crippen molar-refractivity contribution in [3.63, 3.8) is 0 Å². The molecule has 0 aromatic carbocycles. The highest BCUT2D eigenvalue weighted by molar-refractivity contribution is 5.92. The zero-order chi connectivity index (χ0) is 13.8. The Morgan fingerprint density at radius 3 is 2.84 bits per heavy atom. The molecule has 19 heavy (non-hydrogen) atoms. The maximum absolute atomic E-state index is 12.1. The zero-order valence-corrected chi connectivity index (χ0v) is 11.4. The molecule has 1 N–H and O–H groups in total. The summed E-state index contributed by atoms with van der Waals surface area (Å²) in [6.07, 6.45) is 5.86. The molecule has 100 valence electrons. The Morgan fingerprint density at radius 1 is 1.47 bits per heavy atom. The molecule has 2 aromatic rings. The number of aryl methyl sites for hydroxylation is 2. The quantitative estimate of drug-likeness (QED) is 0.912. The van der Waals surface area contributed by atoms with E-state index in [0.717, 1.165) is 17.7 Å². The fraction of sp³-hybridized carbons (Fsp3) is 0.357. The Labute approximate surface area is 112 Å². The van der Waals surface area contributed by atoms with E-state index < -0.39 is 0 Å². The first kappa shape index (κ1) is 13.3. The van der Waals surface area contributed by atoms with E-state index in [0.29, 0.717) is 5.69 Å². The van der Waals surface area contributed by atoms with Crippen LogP contribution in [0.3, 0.4) is 0 Å². The van der Waals surface area contributed by atoms with Gasteiger partial charge >= 0.3 is 0 Å². The molecular weight excluding hydrogens is 240 g/mol. The van der Waals surface area contributed by atoms with E-state index in [9.17, 15) is 4.79 Å². The molecule has 0 bridgehead atoms. The Bertz CT molecular complexity index is 576. The average Bonchev–Trinajstić information content (AvgIpc) is 2.82. The zero-order valence-electron chi connectivity index (χ0n) is 11.4. The monoisotopic (exact) mass is 258 g/mol. The number of amides is 1. The van der Waals surface area contributed by atoms with Crippen molar-refractivity contribution in [2.45, 2.75) is 26.3 Å². The molecular formula is C14H18N4O. The number of imidazole rings is 1. The number of carbonyl (C=O) groups is 1. The van der Waals surface area contributed by atoms with Crippen LogP contribution < -0.4 is 5.32 Å². The van der Waals surface area contributed by atoms with Gasteiger partial charge in [-0.2, -0.15) is 0 Å².